The van der Waals surface area contributed by atoms with Crippen LogP contribution in [0, 0.1) is 6.92 Å². The van der Waals surface area contributed by atoms with E-state index in [1.807, 2.05) is 13.8 Å². The zero-order valence-electron chi connectivity index (χ0n) is 9.54. The van der Waals surface area contributed by atoms with E-state index in [4.69, 9.17) is 5.11 Å². The highest BCUT2D eigenvalue weighted by atomic mass is 16.4. The van der Waals surface area contributed by atoms with Gasteiger partial charge in [0.15, 0.2) is 5.65 Å². The topological polar surface area (TPSA) is 89.5 Å². The van der Waals surface area contributed by atoms with Gasteiger partial charge in [-0.1, -0.05) is 6.92 Å². The lowest BCUT2D eigenvalue weighted by Gasteiger charge is -2.01. The Labute approximate surface area is 96.3 Å². The molecule has 0 aromatic carbocycles. The van der Waals surface area contributed by atoms with E-state index in [1.54, 1.807) is 0 Å². The van der Waals surface area contributed by atoms with Crippen molar-refractivity contribution in [2.45, 2.75) is 26.8 Å². The monoisotopic (exact) mass is 236 g/mol. The zero-order valence-corrected chi connectivity index (χ0v) is 9.54. The molecule has 90 valence electrons. The molecule has 7 nitrogen and oxygen atoms in total. The molecule has 0 saturated carbocycles. The standard InChI is InChI=1S/C10H12N4O3/c1-3-7-6(2)11-5-13-9(7)12-14(10(13)17)4-8(15)16/h5H,3-4H2,1-2H3,(H,15,16). The summed E-state index contributed by atoms with van der Waals surface area (Å²) < 4.78 is 2.20. The number of fused-ring (bicyclic) bond motifs is 1. The minimum absolute atomic E-state index is 0.442. The van der Waals surface area contributed by atoms with Crippen molar-refractivity contribution < 1.29 is 9.90 Å². The summed E-state index contributed by atoms with van der Waals surface area (Å²) in [6, 6.07) is 0. The van der Waals surface area contributed by atoms with Crippen LogP contribution < -0.4 is 5.69 Å². The van der Waals surface area contributed by atoms with Gasteiger partial charge in [0.2, 0.25) is 0 Å². The third-order valence-corrected chi connectivity index (χ3v) is 2.58. The van der Waals surface area contributed by atoms with Gasteiger partial charge in [-0.3, -0.25) is 4.79 Å². The lowest BCUT2D eigenvalue weighted by Crippen LogP contribution is -2.24. The maximum absolute atomic E-state index is 11.8. The van der Waals surface area contributed by atoms with Crippen LogP contribution in [0.4, 0.5) is 0 Å². The summed E-state index contributed by atoms with van der Waals surface area (Å²) in [5.41, 5.74) is 1.65. The molecule has 1 N–H and O–H groups in total. The number of aryl methyl sites for hydroxylation is 2. The third-order valence-electron chi connectivity index (χ3n) is 2.58. The Kier molecular flexibility index (Phi) is 2.66. The van der Waals surface area contributed by atoms with E-state index in [-0.39, 0.29) is 0 Å². The third kappa shape index (κ3) is 1.79. The molecule has 0 aliphatic heterocycles. The second kappa shape index (κ2) is 4.00. The number of carboxylic acid groups (broad SMARTS) is 1. The molecular formula is C10H12N4O3. The summed E-state index contributed by atoms with van der Waals surface area (Å²) in [5, 5.41) is 12.7. The van der Waals surface area contributed by atoms with E-state index in [0.29, 0.717) is 12.1 Å². The van der Waals surface area contributed by atoms with Gasteiger partial charge in [-0.25, -0.2) is 18.9 Å². The van der Waals surface area contributed by atoms with Crippen LogP contribution in [0.15, 0.2) is 11.1 Å². The van der Waals surface area contributed by atoms with Gasteiger partial charge in [0, 0.05) is 11.3 Å². The Hall–Kier alpha value is -2.18. The largest absolute Gasteiger partial charge is 0.480 e. The van der Waals surface area contributed by atoms with Gasteiger partial charge in [-0.2, -0.15) is 0 Å². The average Bonchev–Trinajstić information content (AvgIpc) is 2.55. The fraction of sp³-hybridized carbons (Fsp3) is 0.400. The summed E-state index contributed by atoms with van der Waals surface area (Å²) in [7, 11) is 0. The molecule has 2 aromatic rings. The van der Waals surface area contributed by atoms with Crippen molar-refractivity contribution >= 4 is 11.6 Å². The Morgan fingerprint density at radius 3 is 2.82 bits per heavy atom. The van der Waals surface area contributed by atoms with Gasteiger partial charge in [0.25, 0.3) is 0 Å². The second-order valence-electron chi connectivity index (χ2n) is 3.69. The van der Waals surface area contributed by atoms with E-state index in [0.717, 1.165) is 15.9 Å². The molecule has 2 heterocycles. The Balaban J connectivity index is 2.73. The van der Waals surface area contributed by atoms with Crippen LogP contribution in [0.25, 0.3) is 5.65 Å². The number of rotatable bonds is 3. The van der Waals surface area contributed by atoms with Gasteiger partial charge in [-0.05, 0) is 13.3 Å². The van der Waals surface area contributed by atoms with Gasteiger partial charge >= 0.3 is 11.7 Å². The first-order chi connectivity index (χ1) is 8.04. The van der Waals surface area contributed by atoms with Crippen LogP contribution in [0.2, 0.25) is 0 Å². The average molecular weight is 236 g/mol. The Bertz CT molecular complexity index is 641. The number of aliphatic carboxylic acids is 1. The maximum atomic E-state index is 11.8. The fourth-order valence-electron chi connectivity index (χ4n) is 1.76. The summed E-state index contributed by atoms with van der Waals surface area (Å²) in [4.78, 5) is 26.5. The zero-order chi connectivity index (χ0) is 12.6. The van der Waals surface area contributed by atoms with Crippen LogP contribution in [-0.2, 0) is 17.8 Å². The number of nitrogens with zero attached hydrogens (tertiary/aromatic N) is 4. The van der Waals surface area contributed by atoms with Crippen LogP contribution >= 0.6 is 0 Å². The molecule has 0 aliphatic rings. The number of hydrogen-bond acceptors (Lipinski definition) is 4. The quantitative estimate of drug-likeness (QED) is 0.800. The number of hydrogen-bond donors (Lipinski definition) is 1. The minimum Gasteiger partial charge on any atom is -0.480 e. The predicted molar refractivity (Wildman–Crippen MR) is 59.0 cm³/mol. The van der Waals surface area contributed by atoms with Crippen LogP contribution in [0.5, 0.6) is 0 Å². The first-order valence-electron chi connectivity index (χ1n) is 5.20. The van der Waals surface area contributed by atoms with Crippen molar-refractivity contribution in [2.75, 3.05) is 0 Å². The van der Waals surface area contributed by atoms with E-state index < -0.39 is 18.2 Å². The van der Waals surface area contributed by atoms with E-state index in [9.17, 15) is 9.59 Å². The van der Waals surface area contributed by atoms with Crippen LogP contribution in [-0.4, -0.2) is 30.2 Å². The number of aromatic nitrogens is 4. The molecule has 17 heavy (non-hydrogen) atoms. The van der Waals surface area contributed by atoms with E-state index >= 15 is 0 Å². The molecule has 0 amide bonds. The molecule has 0 atom stereocenters. The van der Waals surface area contributed by atoms with Crippen molar-refractivity contribution in [1.82, 2.24) is 19.2 Å². The molecule has 0 radical (unpaired) electrons. The second-order valence-corrected chi connectivity index (χ2v) is 3.69. The summed E-state index contributed by atoms with van der Waals surface area (Å²) in [6.45, 7) is 3.33. The van der Waals surface area contributed by atoms with E-state index in [2.05, 4.69) is 10.1 Å². The molecule has 0 saturated heterocycles. The number of carboxylic acids is 1. The van der Waals surface area contributed by atoms with Crippen molar-refractivity contribution in [3.8, 4) is 0 Å². The normalized spacial score (nSPS) is 10.9. The highest BCUT2D eigenvalue weighted by molar-refractivity contribution is 5.66. The SMILES string of the molecule is CCc1c(C)ncn2c(=O)n(CC(=O)O)nc12. The highest BCUT2D eigenvalue weighted by Gasteiger charge is 2.13. The lowest BCUT2D eigenvalue weighted by molar-refractivity contribution is -0.137. The summed E-state index contributed by atoms with van der Waals surface area (Å²) in [6.07, 6.45) is 2.06. The maximum Gasteiger partial charge on any atom is 0.352 e. The Morgan fingerprint density at radius 1 is 1.53 bits per heavy atom. The first-order valence-corrected chi connectivity index (χ1v) is 5.20. The van der Waals surface area contributed by atoms with Gasteiger partial charge < -0.3 is 5.11 Å². The molecule has 2 aromatic heterocycles. The molecule has 0 unspecified atom stereocenters. The highest BCUT2D eigenvalue weighted by Crippen LogP contribution is 2.10. The van der Waals surface area contributed by atoms with Crippen LogP contribution in [0.1, 0.15) is 18.2 Å². The van der Waals surface area contributed by atoms with Crippen molar-refractivity contribution in [3.63, 3.8) is 0 Å². The first kappa shape index (κ1) is 11.3. The van der Waals surface area contributed by atoms with Crippen molar-refractivity contribution in [2.24, 2.45) is 0 Å². The van der Waals surface area contributed by atoms with Gasteiger partial charge in [0.05, 0.1) is 0 Å². The lowest BCUT2D eigenvalue weighted by atomic mass is 10.2. The van der Waals surface area contributed by atoms with Crippen LogP contribution in [0.3, 0.4) is 0 Å². The molecule has 0 spiro atoms. The molecule has 0 bridgehead atoms. The summed E-state index contributed by atoms with van der Waals surface area (Å²) >= 11 is 0. The Morgan fingerprint density at radius 2 is 2.24 bits per heavy atom. The molecule has 2 rings (SSSR count). The van der Waals surface area contributed by atoms with Crippen molar-refractivity contribution in [3.05, 3.63) is 28.1 Å². The van der Waals surface area contributed by atoms with Gasteiger partial charge in [-0.15, -0.1) is 5.10 Å². The molecule has 7 heteroatoms. The van der Waals surface area contributed by atoms with Gasteiger partial charge in [0.1, 0.15) is 12.9 Å². The smallest absolute Gasteiger partial charge is 0.352 e. The van der Waals surface area contributed by atoms with Crippen molar-refractivity contribution in [1.29, 1.82) is 0 Å². The number of carbonyl (C=O) groups is 1. The molecular weight excluding hydrogens is 224 g/mol. The summed E-state index contributed by atoms with van der Waals surface area (Å²) in [5.74, 6) is -1.10. The molecule has 0 fully saturated rings. The predicted octanol–water partition coefficient (Wildman–Crippen LogP) is -0.154. The molecule has 0 aliphatic carbocycles. The fourth-order valence-corrected chi connectivity index (χ4v) is 1.76. The van der Waals surface area contributed by atoms with E-state index in [1.165, 1.54) is 10.7 Å². The minimum atomic E-state index is -1.10.